The summed E-state index contributed by atoms with van der Waals surface area (Å²) in [5.74, 6) is -0.641. The quantitative estimate of drug-likeness (QED) is 0.553. The van der Waals surface area contributed by atoms with Gasteiger partial charge in [-0.1, -0.05) is 41.6 Å². The summed E-state index contributed by atoms with van der Waals surface area (Å²) in [4.78, 5) is 22.3. The Morgan fingerprint density at radius 2 is 1.93 bits per heavy atom. The normalized spacial score (nSPS) is 17.8. The van der Waals surface area contributed by atoms with E-state index in [1.807, 2.05) is 43.3 Å². The zero-order chi connectivity index (χ0) is 19.9. The Hall–Kier alpha value is -3.13. The molecule has 0 aromatic heterocycles. The maximum Gasteiger partial charge on any atom is 0.305 e. The summed E-state index contributed by atoms with van der Waals surface area (Å²) in [6.07, 6.45) is 1.30. The number of benzene rings is 2. The molecular weight excluding hydrogens is 378 g/mol. The summed E-state index contributed by atoms with van der Waals surface area (Å²) >= 11 is 1.06. The van der Waals surface area contributed by atoms with Crippen LogP contribution in [-0.4, -0.2) is 33.6 Å². The van der Waals surface area contributed by atoms with Crippen LogP contribution in [0.4, 0.5) is 0 Å². The van der Waals surface area contributed by atoms with Crippen molar-refractivity contribution in [3.8, 4) is 5.75 Å². The number of amides is 1. The summed E-state index contributed by atoms with van der Waals surface area (Å²) in [6, 6.07) is 15.6. The highest BCUT2D eigenvalue weighted by atomic mass is 32.2. The third-order valence-electron chi connectivity index (χ3n) is 3.90. The first-order valence-corrected chi connectivity index (χ1v) is 9.46. The van der Waals surface area contributed by atoms with E-state index in [0.29, 0.717) is 11.8 Å². The summed E-state index contributed by atoms with van der Waals surface area (Å²) in [6.45, 7) is 2.54. The lowest BCUT2D eigenvalue weighted by Gasteiger charge is -2.06. The van der Waals surface area contributed by atoms with E-state index in [-0.39, 0.29) is 12.3 Å². The van der Waals surface area contributed by atoms with E-state index in [1.54, 1.807) is 6.21 Å². The van der Waals surface area contributed by atoms with Crippen LogP contribution in [0.3, 0.4) is 0 Å². The van der Waals surface area contributed by atoms with E-state index in [0.717, 1.165) is 28.6 Å². The molecule has 144 valence electrons. The minimum atomic E-state index is -1.03. The molecular formula is C20H19N3O4S. The van der Waals surface area contributed by atoms with Gasteiger partial charge in [0.15, 0.2) is 5.17 Å². The van der Waals surface area contributed by atoms with Gasteiger partial charge in [-0.15, -0.1) is 5.10 Å². The summed E-state index contributed by atoms with van der Waals surface area (Å²) in [5, 5.41) is 18.8. The minimum Gasteiger partial charge on any atom is -0.489 e. The third kappa shape index (κ3) is 5.68. The van der Waals surface area contributed by atoms with Crippen LogP contribution in [0.5, 0.6) is 5.75 Å². The van der Waals surface area contributed by atoms with Crippen LogP contribution in [0.1, 0.15) is 23.1 Å². The van der Waals surface area contributed by atoms with Gasteiger partial charge in [0.1, 0.15) is 17.6 Å². The lowest BCUT2D eigenvalue weighted by Crippen LogP contribution is -2.26. The first-order valence-electron chi connectivity index (χ1n) is 8.58. The SMILES string of the molecule is Cc1ccc(COc2ccc(/C=N\N=C3\NC(=O)[C@H](CC(=O)O)S3)cc2)cc1. The molecule has 0 aliphatic carbocycles. The first kappa shape index (κ1) is 19.6. The average Bonchev–Trinajstić information content (AvgIpc) is 3.01. The van der Waals surface area contributed by atoms with E-state index >= 15 is 0 Å². The summed E-state index contributed by atoms with van der Waals surface area (Å²) in [7, 11) is 0. The van der Waals surface area contributed by atoms with Crippen LogP contribution in [0.15, 0.2) is 58.7 Å². The van der Waals surface area contributed by atoms with Crippen molar-refractivity contribution in [2.75, 3.05) is 0 Å². The molecule has 7 nitrogen and oxygen atoms in total. The van der Waals surface area contributed by atoms with Crippen molar-refractivity contribution in [2.24, 2.45) is 10.2 Å². The Kier molecular flexibility index (Phi) is 6.44. The number of ether oxygens (including phenoxy) is 1. The largest absolute Gasteiger partial charge is 0.489 e. The summed E-state index contributed by atoms with van der Waals surface area (Å²) in [5.41, 5.74) is 3.14. The highest BCUT2D eigenvalue weighted by Gasteiger charge is 2.32. The molecule has 2 aromatic rings. The standard InChI is InChI=1S/C20H19N3O4S/c1-13-2-4-15(5-3-13)12-27-16-8-6-14(7-9-16)11-21-23-20-22-19(26)17(28-20)10-18(24)25/h2-9,11,17H,10,12H2,1H3,(H,24,25)(H,22,23,26)/b21-11-/t17-/m0/s1. The molecule has 1 amide bonds. The molecule has 0 saturated carbocycles. The van der Waals surface area contributed by atoms with Crippen LogP contribution in [0, 0.1) is 6.92 Å². The van der Waals surface area contributed by atoms with Crippen LogP contribution >= 0.6 is 11.8 Å². The van der Waals surface area contributed by atoms with Gasteiger partial charge in [-0.05, 0) is 42.3 Å². The zero-order valence-corrected chi connectivity index (χ0v) is 16.0. The van der Waals surface area contributed by atoms with Crippen LogP contribution in [0.25, 0.3) is 0 Å². The molecule has 1 saturated heterocycles. The van der Waals surface area contributed by atoms with E-state index in [9.17, 15) is 9.59 Å². The molecule has 1 atom stereocenters. The fourth-order valence-electron chi connectivity index (χ4n) is 2.39. The lowest BCUT2D eigenvalue weighted by atomic mass is 10.2. The second-order valence-corrected chi connectivity index (χ2v) is 7.38. The predicted molar refractivity (Wildman–Crippen MR) is 109 cm³/mol. The number of carboxylic acids is 1. The van der Waals surface area contributed by atoms with Gasteiger partial charge < -0.3 is 15.2 Å². The Morgan fingerprint density at radius 3 is 2.61 bits per heavy atom. The number of carbonyl (C=O) groups excluding carboxylic acids is 1. The molecule has 0 spiro atoms. The van der Waals surface area contributed by atoms with Gasteiger partial charge in [-0.25, -0.2) is 0 Å². The topological polar surface area (TPSA) is 100 Å². The fraction of sp³-hybridized carbons (Fsp3) is 0.200. The maximum absolute atomic E-state index is 11.6. The van der Waals surface area contributed by atoms with E-state index in [2.05, 4.69) is 27.7 Å². The maximum atomic E-state index is 11.6. The number of aliphatic carboxylic acids is 1. The number of carboxylic acid groups (broad SMARTS) is 1. The van der Waals surface area contributed by atoms with Gasteiger partial charge >= 0.3 is 5.97 Å². The molecule has 2 N–H and O–H groups in total. The Labute approximate surface area is 166 Å². The zero-order valence-electron chi connectivity index (χ0n) is 15.2. The molecule has 3 rings (SSSR count). The second kappa shape index (κ2) is 9.18. The summed E-state index contributed by atoms with van der Waals surface area (Å²) < 4.78 is 5.76. The molecule has 1 aliphatic rings. The highest BCUT2D eigenvalue weighted by Crippen LogP contribution is 2.22. The van der Waals surface area contributed by atoms with Crippen LogP contribution < -0.4 is 10.1 Å². The molecule has 28 heavy (non-hydrogen) atoms. The van der Waals surface area contributed by atoms with Crippen molar-refractivity contribution < 1.29 is 19.4 Å². The van der Waals surface area contributed by atoms with Crippen molar-refractivity contribution in [1.82, 2.24) is 5.32 Å². The van der Waals surface area contributed by atoms with Gasteiger partial charge in [0.05, 0.1) is 12.6 Å². The molecule has 1 fully saturated rings. The number of hydrogen-bond acceptors (Lipinski definition) is 6. The predicted octanol–water partition coefficient (Wildman–Crippen LogP) is 2.97. The van der Waals surface area contributed by atoms with Crippen molar-refractivity contribution in [3.63, 3.8) is 0 Å². The number of aryl methyl sites for hydroxylation is 1. The van der Waals surface area contributed by atoms with Gasteiger partial charge in [0, 0.05) is 0 Å². The number of hydrogen-bond donors (Lipinski definition) is 2. The van der Waals surface area contributed by atoms with Gasteiger partial charge in [0.25, 0.3) is 0 Å². The Morgan fingerprint density at radius 1 is 1.21 bits per heavy atom. The molecule has 0 bridgehead atoms. The van der Waals surface area contributed by atoms with Crippen molar-refractivity contribution in [3.05, 3.63) is 65.2 Å². The lowest BCUT2D eigenvalue weighted by molar-refractivity contribution is -0.138. The monoisotopic (exact) mass is 397 g/mol. The van der Waals surface area contributed by atoms with E-state index < -0.39 is 11.2 Å². The number of nitrogens with one attached hydrogen (secondary N) is 1. The average molecular weight is 397 g/mol. The smallest absolute Gasteiger partial charge is 0.305 e. The van der Waals surface area contributed by atoms with E-state index in [4.69, 9.17) is 9.84 Å². The molecule has 1 heterocycles. The molecule has 1 aliphatic heterocycles. The number of amidine groups is 1. The van der Waals surface area contributed by atoms with Crippen LogP contribution in [-0.2, 0) is 16.2 Å². The number of rotatable bonds is 7. The van der Waals surface area contributed by atoms with Crippen molar-refractivity contribution >= 4 is 35.0 Å². The minimum absolute atomic E-state index is 0.247. The van der Waals surface area contributed by atoms with E-state index in [1.165, 1.54) is 5.56 Å². The van der Waals surface area contributed by atoms with Gasteiger partial charge in [0.2, 0.25) is 5.91 Å². The van der Waals surface area contributed by atoms with Crippen molar-refractivity contribution in [1.29, 1.82) is 0 Å². The number of carbonyl (C=O) groups is 2. The highest BCUT2D eigenvalue weighted by molar-refractivity contribution is 8.15. The van der Waals surface area contributed by atoms with Crippen LogP contribution in [0.2, 0.25) is 0 Å². The Bertz CT molecular complexity index is 908. The van der Waals surface area contributed by atoms with Gasteiger partial charge in [-0.3, -0.25) is 9.59 Å². The second-order valence-electron chi connectivity index (χ2n) is 6.19. The molecule has 2 aromatic carbocycles. The number of nitrogens with zero attached hydrogens (tertiary/aromatic N) is 2. The fourth-order valence-corrected chi connectivity index (χ4v) is 3.31. The molecule has 8 heteroatoms. The van der Waals surface area contributed by atoms with Gasteiger partial charge in [-0.2, -0.15) is 5.10 Å². The Balaban J connectivity index is 1.52. The molecule has 0 radical (unpaired) electrons. The first-order chi connectivity index (χ1) is 13.5. The van der Waals surface area contributed by atoms with Crippen molar-refractivity contribution in [2.45, 2.75) is 25.2 Å². The third-order valence-corrected chi connectivity index (χ3v) is 4.97. The molecule has 0 unspecified atom stereocenters. The number of thioether (sulfide) groups is 1.